The number of hydrogen-bond donors (Lipinski definition) is 2. The highest BCUT2D eigenvalue weighted by molar-refractivity contribution is 7.90. The van der Waals surface area contributed by atoms with E-state index in [0.29, 0.717) is 17.3 Å². The molecule has 0 spiro atoms. The second kappa shape index (κ2) is 8.87. The monoisotopic (exact) mass is 454 g/mol. The molecule has 2 aromatic heterocycles. The number of aliphatic imine (C=N–C) groups is 1. The fourth-order valence-electron chi connectivity index (χ4n) is 3.26. The summed E-state index contributed by atoms with van der Waals surface area (Å²) in [5, 5.41) is 6.90. The largest absolute Gasteiger partial charge is 0.344 e. The van der Waals surface area contributed by atoms with Crippen molar-refractivity contribution in [2.45, 2.75) is 31.2 Å². The number of carbonyl (C=O) groups is 1. The minimum atomic E-state index is -3.61. The van der Waals surface area contributed by atoms with Crippen LogP contribution < -0.4 is 10.0 Å². The first-order chi connectivity index (χ1) is 15.3. The number of pyridine rings is 1. The second-order valence-electron chi connectivity index (χ2n) is 7.56. The highest BCUT2D eigenvalue weighted by Crippen LogP contribution is 2.24. The van der Waals surface area contributed by atoms with Gasteiger partial charge in [-0.1, -0.05) is 31.1 Å². The molecule has 1 atom stereocenters. The predicted molar refractivity (Wildman–Crippen MR) is 116 cm³/mol. The third-order valence-electron chi connectivity index (χ3n) is 4.90. The van der Waals surface area contributed by atoms with Crippen LogP contribution in [0.4, 0.5) is 0 Å². The first kappa shape index (κ1) is 21.6. The van der Waals surface area contributed by atoms with Crippen LogP contribution in [-0.2, 0) is 14.8 Å². The van der Waals surface area contributed by atoms with Gasteiger partial charge in [-0.25, -0.2) is 8.42 Å². The summed E-state index contributed by atoms with van der Waals surface area (Å²) >= 11 is 0. The van der Waals surface area contributed by atoms with Crippen LogP contribution in [0.15, 0.2) is 63.2 Å². The number of sulfonamides is 1. The first-order valence-corrected chi connectivity index (χ1v) is 11.5. The van der Waals surface area contributed by atoms with Gasteiger partial charge < -0.3 is 9.84 Å². The Hall–Kier alpha value is -3.60. The molecule has 10 nitrogen and oxygen atoms in total. The molecule has 0 radical (unpaired) electrons. The van der Waals surface area contributed by atoms with Gasteiger partial charge in [0.15, 0.2) is 0 Å². The number of carbonyl (C=O) groups excluding carboxylic acids is 1. The lowest BCUT2D eigenvalue weighted by Gasteiger charge is -2.18. The molecule has 11 heteroatoms. The minimum absolute atomic E-state index is 0.00419. The molecule has 32 heavy (non-hydrogen) atoms. The Morgan fingerprint density at radius 2 is 1.94 bits per heavy atom. The molecule has 1 aliphatic heterocycles. The third-order valence-corrected chi connectivity index (χ3v) is 6.30. The molecule has 0 saturated carbocycles. The Kier molecular flexibility index (Phi) is 5.99. The molecule has 2 N–H and O–H groups in total. The van der Waals surface area contributed by atoms with Crippen molar-refractivity contribution < 1.29 is 17.7 Å². The van der Waals surface area contributed by atoms with Crippen molar-refractivity contribution in [2.24, 2.45) is 10.9 Å². The number of amides is 1. The topological polar surface area (TPSA) is 139 Å². The third kappa shape index (κ3) is 4.52. The molecule has 3 aromatic rings. The predicted octanol–water partition coefficient (Wildman–Crippen LogP) is 2.07. The van der Waals surface area contributed by atoms with E-state index in [4.69, 9.17) is 4.52 Å². The van der Waals surface area contributed by atoms with Gasteiger partial charge in [-0.2, -0.15) is 4.98 Å². The molecule has 0 fully saturated rings. The summed E-state index contributed by atoms with van der Waals surface area (Å²) in [4.78, 5) is 25.4. The molecule has 0 aliphatic carbocycles. The van der Waals surface area contributed by atoms with Crippen LogP contribution in [-0.4, -0.2) is 41.8 Å². The number of fused-ring (bicyclic) bond motifs is 1. The quantitative estimate of drug-likeness (QED) is 0.557. The van der Waals surface area contributed by atoms with E-state index in [1.54, 1.807) is 42.7 Å². The number of amidine groups is 1. The van der Waals surface area contributed by atoms with Crippen LogP contribution in [0.1, 0.15) is 37.8 Å². The van der Waals surface area contributed by atoms with Crippen molar-refractivity contribution in [3.8, 4) is 11.4 Å². The van der Waals surface area contributed by atoms with Crippen molar-refractivity contribution >= 4 is 21.8 Å². The van der Waals surface area contributed by atoms with Crippen molar-refractivity contribution in [1.29, 1.82) is 0 Å². The van der Waals surface area contributed by atoms with E-state index in [-0.39, 0.29) is 35.5 Å². The van der Waals surface area contributed by atoms with Crippen LogP contribution in [0, 0.1) is 5.92 Å². The zero-order chi connectivity index (χ0) is 22.7. The van der Waals surface area contributed by atoms with Crippen LogP contribution in [0.2, 0.25) is 0 Å². The molecule has 3 heterocycles. The van der Waals surface area contributed by atoms with Crippen molar-refractivity contribution in [1.82, 2.24) is 25.2 Å². The van der Waals surface area contributed by atoms with Crippen LogP contribution in [0.3, 0.4) is 0 Å². The highest BCUT2D eigenvalue weighted by Gasteiger charge is 2.30. The smallest absolute Gasteiger partial charge is 0.263 e. The van der Waals surface area contributed by atoms with Crippen molar-refractivity contribution in [3.63, 3.8) is 0 Å². The van der Waals surface area contributed by atoms with Crippen LogP contribution >= 0.6 is 0 Å². The van der Waals surface area contributed by atoms with Crippen LogP contribution in [0.5, 0.6) is 0 Å². The summed E-state index contributed by atoms with van der Waals surface area (Å²) in [6.45, 7) is 3.99. The number of aromatic nitrogens is 3. The van der Waals surface area contributed by atoms with Gasteiger partial charge in [-0.05, 0) is 30.2 Å². The number of rotatable bonds is 7. The van der Waals surface area contributed by atoms with Gasteiger partial charge in [0.25, 0.3) is 10.0 Å². The summed E-state index contributed by atoms with van der Waals surface area (Å²) in [5.41, 5.74) is 1.27. The normalized spacial score (nSPS) is 16.5. The Balaban J connectivity index is 1.41. The van der Waals surface area contributed by atoms with Gasteiger partial charge in [-0.15, -0.1) is 0 Å². The lowest BCUT2D eigenvalue weighted by molar-refractivity contribution is -0.122. The number of hydrogen-bond acceptors (Lipinski definition) is 8. The van der Waals surface area contributed by atoms with Gasteiger partial charge in [0.1, 0.15) is 11.9 Å². The fraction of sp³-hybridized carbons (Fsp3) is 0.286. The maximum Gasteiger partial charge on any atom is 0.263 e. The maximum atomic E-state index is 12.5. The molecule has 0 saturated heterocycles. The summed E-state index contributed by atoms with van der Waals surface area (Å²) < 4.78 is 32.1. The van der Waals surface area contributed by atoms with Crippen molar-refractivity contribution in [3.05, 3.63) is 60.2 Å². The molecule has 166 valence electrons. The van der Waals surface area contributed by atoms with Crippen LogP contribution in [0.25, 0.3) is 11.4 Å². The molecule has 1 amide bonds. The summed E-state index contributed by atoms with van der Waals surface area (Å²) in [6, 6.07) is 9.66. The van der Waals surface area contributed by atoms with E-state index < -0.39 is 16.1 Å². The van der Waals surface area contributed by atoms with Crippen molar-refractivity contribution in [2.75, 3.05) is 6.54 Å². The lowest BCUT2D eigenvalue weighted by Crippen LogP contribution is -2.32. The molecule has 1 unspecified atom stereocenters. The maximum absolute atomic E-state index is 12.5. The van der Waals surface area contributed by atoms with Gasteiger partial charge >= 0.3 is 0 Å². The molecule has 1 aromatic carbocycles. The summed E-state index contributed by atoms with van der Waals surface area (Å²) in [5.74, 6) is 0.716. The average molecular weight is 455 g/mol. The van der Waals surface area contributed by atoms with Gasteiger partial charge in [0.05, 0.1) is 11.4 Å². The fourth-order valence-corrected chi connectivity index (χ4v) is 4.51. The lowest BCUT2D eigenvalue weighted by atomic mass is 10.0. The van der Waals surface area contributed by atoms with E-state index in [2.05, 4.69) is 30.2 Å². The SMILES string of the molecule is CC(C)C(NC(=O)CCN=C1NS(=O)(=O)c2ccccc21)c1nc(-c2ccncc2)no1. The summed E-state index contributed by atoms with van der Waals surface area (Å²) in [7, 11) is -3.61. The Bertz CT molecular complexity index is 1250. The minimum Gasteiger partial charge on any atom is -0.344 e. The molecule has 4 rings (SSSR count). The second-order valence-corrected chi connectivity index (χ2v) is 9.21. The van der Waals surface area contributed by atoms with Gasteiger partial charge in [0.2, 0.25) is 17.6 Å². The number of benzene rings is 1. The van der Waals surface area contributed by atoms with Gasteiger partial charge in [0, 0.05) is 29.9 Å². The molecular weight excluding hydrogens is 432 g/mol. The van der Waals surface area contributed by atoms with E-state index in [9.17, 15) is 13.2 Å². The number of nitrogens with one attached hydrogen (secondary N) is 2. The Morgan fingerprint density at radius 3 is 2.69 bits per heavy atom. The molecular formula is C21H22N6O4S. The summed E-state index contributed by atoms with van der Waals surface area (Å²) in [6.07, 6.45) is 3.34. The zero-order valence-electron chi connectivity index (χ0n) is 17.5. The van der Waals surface area contributed by atoms with E-state index >= 15 is 0 Å². The van der Waals surface area contributed by atoms with E-state index in [1.165, 1.54) is 6.07 Å². The highest BCUT2D eigenvalue weighted by atomic mass is 32.2. The standard InChI is InChI=1S/C21H22N6O4S/c1-13(2)18(21-25-19(26-31-21)14-7-10-22-11-8-14)24-17(28)9-12-23-20-15-5-3-4-6-16(15)32(29,30)27-20/h3-8,10-11,13,18H,9,12H2,1-2H3,(H,23,27)(H,24,28). The Morgan fingerprint density at radius 1 is 1.19 bits per heavy atom. The van der Waals surface area contributed by atoms with Gasteiger partial charge in [-0.3, -0.25) is 19.5 Å². The number of nitrogens with zero attached hydrogens (tertiary/aromatic N) is 4. The average Bonchev–Trinajstić information content (AvgIpc) is 3.36. The molecule has 1 aliphatic rings. The zero-order valence-corrected chi connectivity index (χ0v) is 18.3. The van der Waals surface area contributed by atoms with E-state index in [0.717, 1.165) is 5.56 Å². The molecule has 0 bridgehead atoms. The Labute approximate surface area is 185 Å². The van der Waals surface area contributed by atoms with E-state index in [1.807, 2.05) is 13.8 Å². The first-order valence-electron chi connectivity index (χ1n) is 10.0.